The number of nitrogens with one attached hydrogen (secondary N) is 1. The molecular formula is C11H24N2. The molecule has 3 N–H and O–H groups in total. The molecule has 0 aromatic carbocycles. The molecule has 1 aliphatic rings. The van der Waals surface area contributed by atoms with Crippen LogP contribution in [0.2, 0.25) is 0 Å². The van der Waals surface area contributed by atoms with Crippen molar-refractivity contribution in [2.24, 2.45) is 11.1 Å². The van der Waals surface area contributed by atoms with Gasteiger partial charge in [0.2, 0.25) is 0 Å². The van der Waals surface area contributed by atoms with Crippen LogP contribution in [-0.2, 0) is 0 Å². The molecule has 1 rings (SSSR count). The molecule has 78 valence electrons. The predicted molar refractivity (Wildman–Crippen MR) is 57.7 cm³/mol. The van der Waals surface area contributed by atoms with Crippen LogP contribution in [0.4, 0.5) is 0 Å². The Labute approximate surface area is 82.3 Å². The van der Waals surface area contributed by atoms with Gasteiger partial charge in [0.05, 0.1) is 0 Å². The zero-order chi connectivity index (χ0) is 9.57. The molecule has 0 aliphatic heterocycles. The molecular weight excluding hydrogens is 160 g/mol. The molecule has 0 aromatic heterocycles. The molecule has 13 heavy (non-hydrogen) atoms. The van der Waals surface area contributed by atoms with Crippen LogP contribution in [0.15, 0.2) is 0 Å². The van der Waals surface area contributed by atoms with E-state index in [1.54, 1.807) is 0 Å². The normalized spacial score (nSPS) is 18.9. The van der Waals surface area contributed by atoms with Gasteiger partial charge in [0.1, 0.15) is 0 Å². The Morgan fingerprint density at radius 2 is 1.85 bits per heavy atom. The second-order valence-electron chi connectivity index (χ2n) is 4.69. The minimum absolute atomic E-state index is 0.664. The minimum atomic E-state index is 0.664. The average molecular weight is 184 g/mol. The molecule has 1 saturated carbocycles. The maximum absolute atomic E-state index is 5.42. The van der Waals surface area contributed by atoms with Gasteiger partial charge in [-0.25, -0.2) is 0 Å². The zero-order valence-electron chi connectivity index (χ0n) is 8.94. The molecule has 0 aromatic rings. The topological polar surface area (TPSA) is 38.0 Å². The van der Waals surface area contributed by atoms with E-state index in [1.165, 1.54) is 51.6 Å². The number of rotatable bonds is 8. The van der Waals surface area contributed by atoms with Crippen LogP contribution >= 0.6 is 0 Å². The van der Waals surface area contributed by atoms with E-state index in [0.717, 1.165) is 6.54 Å². The van der Waals surface area contributed by atoms with Crippen molar-refractivity contribution in [1.29, 1.82) is 0 Å². The van der Waals surface area contributed by atoms with E-state index in [9.17, 15) is 0 Å². The molecule has 0 radical (unpaired) electrons. The van der Waals surface area contributed by atoms with E-state index >= 15 is 0 Å². The van der Waals surface area contributed by atoms with Gasteiger partial charge in [0, 0.05) is 6.54 Å². The SMILES string of the molecule is CC1(CNCCCCCCN)CC1. The van der Waals surface area contributed by atoms with E-state index in [4.69, 9.17) is 5.73 Å². The largest absolute Gasteiger partial charge is 0.330 e. The highest BCUT2D eigenvalue weighted by atomic mass is 14.9. The quantitative estimate of drug-likeness (QED) is 0.565. The molecule has 0 saturated heterocycles. The van der Waals surface area contributed by atoms with Crippen LogP contribution in [-0.4, -0.2) is 19.6 Å². The Hall–Kier alpha value is -0.0800. The van der Waals surface area contributed by atoms with E-state index in [1.807, 2.05) is 0 Å². The van der Waals surface area contributed by atoms with E-state index in [0.29, 0.717) is 5.41 Å². The molecule has 2 heteroatoms. The van der Waals surface area contributed by atoms with Crippen molar-refractivity contribution in [1.82, 2.24) is 5.32 Å². The summed E-state index contributed by atoms with van der Waals surface area (Å²) >= 11 is 0. The van der Waals surface area contributed by atoms with Gasteiger partial charge in [-0.1, -0.05) is 19.8 Å². The van der Waals surface area contributed by atoms with Crippen molar-refractivity contribution in [3.05, 3.63) is 0 Å². The molecule has 0 bridgehead atoms. The van der Waals surface area contributed by atoms with Crippen LogP contribution in [0.25, 0.3) is 0 Å². The molecule has 0 spiro atoms. The Bertz CT molecular complexity index is 130. The third kappa shape index (κ3) is 5.27. The minimum Gasteiger partial charge on any atom is -0.330 e. The lowest BCUT2D eigenvalue weighted by Crippen LogP contribution is -2.22. The molecule has 1 fully saturated rings. The summed E-state index contributed by atoms with van der Waals surface area (Å²) in [5.74, 6) is 0. The maximum atomic E-state index is 5.42. The van der Waals surface area contributed by atoms with Gasteiger partial charge in [-0.3, -0.25) is 0 Å². The van der Waals surface area contributed by atoms with E-state index in [-0.39, 0.29) is 0 Å². The van der Waals surface area contributed by atoms with Crippen molar-refractivity contribution >= 4 is 0 Å². The number of hydrogen-bond acceptors (Lipinski definition) is 2. The molecule has 1 aliphatic carbocycles. The summed E-state index contributed by atoms with van der Waals surface area (Å²) in [4.78, 5) is 0. The van der Waals surface area contributed by atoms with E-state index < -0.39 is 0 Å². The zero-order valence-corrected chi connectivity index (χ0v) is 8.94. The van der Waals surface area contributed by atoms with Crippen molar-refractivity contribution in [2.75, 3.05) is 19.6 Å². The third-order valence-electron chi connectivity index (χ3n) is 2.96. The third-order valence-corrected chi connectivity index (χ3v) is 2.96. The van der Waals surface area contributed by atoms with Gasteiger partial charge in [-0.15, -0.1) is 0 Å². The summed E-state index contributed by atoms with van der Waals surface area (Å²) in [5.41, 5.74) is 6.08. The summed E-state index contributed by atoms with van der Waals surface area (Å²) < 4.78 is 0. The van der Waals surface area contributed by atoms with Gasteiger partial charge in [0.15, 0.2) is 0 Å². The first-order chi connectivity index (χ1) is 6.27. The van der Waals surface area contributed by atoms with Crippen molar-refractivity contribution in [3.63, 3.8) is 0 Å². The summed E-state index contributed by atoms with van der Waals surface area (Å²) in [6, 6.07) is 0. The maximum Gasteiger partial charge on any atom is 0.000517 e. The Morgan fingerprint density at radius 3 is 2.46 bits per heavy atom. The second-order valence-corrected chi connectivity index (χ2v) is 4.69. The van der Waals surface area contributed by atoms with Gasteiger partial charge in [0.25, 0.3) is 0 Å². The fourth-order valence-electron chi connectivity index (χ4n) is 1.53. The lowest BCUT2D eigenvalue weighted by Gasteiger charge is -2.09. The first kappa shape index (κ1) is 11.0. The first-order valence-electron chi connectivity index (χ1n) is 5.68. The predicted octanol–water partition coefficient (Wildman–Crippen LogP) is 1.90. The molecule has 0 unspecified atom stereocenters. The van der Waals surface area contributed by atoms with Gasteiger partial charge in [-0.2, -0.15) is 0 Å². The fourth-order valence-corrected chi connectivity index (χ4v) is 1.53. The Balaban J connectivity index is 1.74. The highest BCUT2D eigenvalue weighted by Gasteiger charge is 2.36. The van der Waals surface area contributed by atoms with Crippen LogP contribution in [0, 0.1) is 5.41 Å². The van der Waals surface area contributed by atoms with Crippen LogP contribution in [0.3, 0.4) is 0 Å². The Kier molecular flexibility index (Phi) is 4.74. The van der Waals surface area contributed by atoms with E-state index in [2.05, 4.69) is 12.2 Å². The smallest absolute Gasteiger partial charge is 0.000517 e. The summed E-state index contributed by atoms with van der Waals surface area (Å²) in [6.07, 6.45) is 7.99. The van der Waals surface area contributed by atoms with Crippen LogP contribution < -0.4 is 11.1 Å². The standard InChI is InChI=1S/C11H24N2/c1-11(6-7-11)10-13-9-5-3-2-4-8-12/h13H,2-10,12H2,1H3. The lowest BCUT2D eigenvalue weighted by atomic mass is 10.1. The first-order valence-corrected chi connectivity index (χ1v) is 5.68. The molecule has 0 amide bonds. The fraction of sp³-hybridized carbons (Fsp3) is 1.00. The highest BCUT2D eigenvalue weighted by Crippen LogP contribution is 2.43. The van der Waals surface area contributed by atoms with Crippen molar-refractivity contribution in [3.8, 4) is 0 Å². The lowest BCUT2D eigenvalue weighted by molar-refractivity contribution is 0.486. The highest BCUT2D eigenvalue weighted by molar-refractivity contribution is 4.90. The van der Waals surface area contributed by atoms with Gasteiger partial charge < -0.3 is 11.1 Å². The van der Waals surface area contributed by atoms with Gasteiger partial charge in [-0.05, 0) is 44.2 Å². The summed E-state index contributed by atoms with van der Waals surface area (Å²) in [7, 11) is 0. The molecule has 0 atom stereocenters. The molecule has 2 nitrogen and oxygen atoms in total. The van der Waals surface area contributed by atoms with Gasteiger partial charge >= 0.3 is 0 Å². The number of hydrogen-bond donors (Lipinski definition) is 2. The monoisotopic (exact) mass is 184 g/mol. The van der Waals surface area contributed by atoms with Crippen LogP contribution in [0.5, 0.6) is 0 Å². The number of nitrogens with two attached hydrogens (primary N) is 1. The molecule has 0 heterocycles. The van der Waals surface area contributed by atoms with Crippen molar-refractivity contribution in [2.45, 2.75) is 45.4 Å². The van der Waals surface area contributed by atoms with Crippen molar-refractivity contribution < 1.29 is 0 Å². The summed E-state index contributed by atoms with van der Waals surface area (Å²) in [6.45, 7) is 5.64. The Morgan fingerprint density at radius 1 is 1.15 bits per heavy atom. The average Bonchev–Trinajstić information content (AvgIpc) is 2.83. The van der Waals surface area contributed by atoms with Crippen LogP contribution in [0.1, 0.15) is 45.4 Å². The summed E-state index contributed by atoms with van der Waals surface area (Å²) in [5, 5.41) is 3.53. The number of unbranched alkanes of at least 4 members (excludes halogenated alkanes) is 3. The second kappa shape index (κ2) is 5.61.